The van der Waals surface area contributed by atoms with Crippen molar-refractivity contribution in [3.63, 3.8) is 0 Å². The number of hydrogen-bond acceptors (Lipinski definition) is 5. The average Bonchev–Trinajstić information content (AvgIpc) is 2.58. The normalized spacial score (nSPS) is 13.2. The molecular weight excluding hydrogens is 366 g/mol. The largest absolute Gasteiger partial charge is 0.482 e. The van der Waals surface area contributed by atoms with Gasteiger partial charge in [0, 0.05) is 22.3 Å². The molecule has 0 aliphatic carbocycles. The molecule has 132 valence electrons. The number of hydrazone groups is 1. The summed E-state index contributed by atoms with van der Waals surface area (Å²) in [6, 6.07) is 4.31. The summed E-state index contributed by atoms with van der Waals surface area (Å²) in [4.78, 5) is 4.11. The molecule has 1 atom stereocenters. The highest BCUT2D eigenvalue weighted by atomic mass is 35.5. The minimum absolute atomic E-state index is 0.0907. The van der Waals surface area contributed by atoms with E-state index in [1.807, 2.05) is 13.0 Å². The summed E-state index contributed by atoms with van der Waals surface area (Å²) >= 11 is 12.1. The lowest BCUT2D eigenvalue weighted by Crippen LogP contribution is -2.08. The maximum Gasteiger partial charge on any atom is 0.166 e. The first-order valence-corrected chi connectivity index (χ1v) is 8.10. The topological polar surface area (TPSA) is 86.5 Å². The Hall–Kier alpha value is -2.31. The fourth-order valence-corrected chi connectivity index (χ4v) is 2.95. The van der Waals surface area contributed by atoms with Crippen LogP contribution in [0.1, 0.15) is 31.1 Å². The third kappa shape index (κ3) is 4.21. The van der Waals surface area contributed by atoms with Crippen LogP contribution in [0.5, 0.6) is 5.75 Å². The van der Waals surface area contributed by atoms with E-state index < -0.39 is 11.9 Å². The summed E-state index contributed by atoms with van der Waals surface area (Å²) in [5.74, 6) is 5.12. The molecule has 0 fully saturated rings. The number of allylic oxidation sites excluding steroid dienone is 2. The highest BCUT2D eigenvalue weighted by Crippen LogP contribution is 2.36. The molecule has 1 heterocycles. The van der Waals surface area contributed by atoms with Crippen LogP contribution >= 0.6 is 23.2 Å². The van der Waals surface area contributed by atoms with Crippen LogP contribution in [0, 0.1) is 5.82 Å². The minimum Gasteiger partial charge on any atom is -0.482 e. The molecule has 2 aromatic rings. The molecule has 1 aromatic heterocycles. The van der Waals surface area contributed by atoms with Crippen molar-refractivity contribution in [2.24, 2.45) is 10.9 Å². The van der Waals surface area contributed by atoms with Crippen molar-refractivity contribution in [3.8, 4) is 5.75 Å². The monoisotopic (exact) mass is 382 g/mol. The van der Waals surface area contributed by atoms with E-state index in [0.717, 1.165) is 5.57 Å². The summed E-state index contributed by atoms with van der Waals surface area (Å²) in [7, 11) is 0. The maximum absolute atomic E-state index is 13.7. The summed E-state index contributed by atoms with van der Waals surface area (Å²) < 4.78 is 19.6. The fraction of sp³-hybridized carbons (Fsp3) is 0.176. The van der Waals surface area contributed by atoms with Crippen LogP contribution in [-0.2, 0) is 0 Å². The van der Waals surface area contributed by atoms with E-state index in [9.17, 15) is 4.39 Å². The Balaban J connectivity index is 2.39. The number of halogens is 3. The zero-order chi connectivity index (χ0) is 18.6. The lowest BCUT2D eigenvalue weighted by Gasteiger charge is -2.19. The Kier molecular flexibility index (Phi) is 6.22. The molecule has 0 saturated heterocycles. The van der Waals surface area contributed by atoms with Gasteiger partial charge in [-0.05, 0) is 37.6 Å². The second-order valence-corrected chi connectivity index (χ2v) is 5.93. The lowest BCUT2D eigenvalue weighted by atomic mass is 10.1. The van der Waals surface area contributed by atoms with Crippen molar-refractivity contribution in [1.82, 2.24) is 4.98 Å². The SMILES string of the molecule is C/C=C(\C=N/N)c1cnc(N)c(OC(C)c2c(Cl)ccc(F)c2Cl)c1. The Bertz CT molecular complexity index is 840. The Morgan fingerprint density at radius 2 is 2.12 bits per heavy atom. The summed E-state index contributed by atoms with van der Waals surface area (Å²) in [6.45, 7) is 3.53. The number of nitrogens with two attached hydrogens (primary N) is 2. The van der Waals surface area contributed by atoms with Gasteiger partial charge in [0.1, 0.15) is 11.9 Å². The van der Waals surface area contributed by atoms with Gasteiger partial charge in [-0.3, -0.25) is 0 Å². The molecule has 8 heteroatoms. The molecule has 0 radical (unpaired) electrons. The molecule has 0 spiro atoms. The van der Waals surface area contributed by atoms with Crippen molar-refractivity contribution in [3.05, 3.63) is 57.5 Å². The molecule has 0 saturated carbocycles. The van der Waals surface area contributed by atoms with Crippen LogP contribution in [0.3, 0.4) is 0 Å². The highest BCUT2D eigenvalue weighted by molar-refractivity contribution is 6.36. The number of rotatable bonds is 5. The van der Waals surface area contributed by atoms with Crippen molar-refractivity contribution < 1.29 is 9.13 Å². The van der Waals surface area contributed by atoms with E-state index >= 15 is 0 Å². The zero-order valence-electron chi connectivity index (χ0n) is 13.6. The molecule has 1 unspecified atom stereocenters. The van der Waals surface area contributed by atoms with Gasteiger partial charge >= 0.3 is 0 Å². The second kappa shape index (κ2) is 8.18. The van der Waals surface area contributed by atoms with Gasteiger partial charge in [-0.2, -0.15) is 5.10 Å². The Labute approximate surface area is 155 Å². The number of nitrogen functional groups attached to an aromatic ring is 1. The molecule has 0 aliphatic rings. The molecule has 0 bridgehead atoms. The number of nitrogens with zero attached hydrogens (tertiary/aromatic N) is 2. The predicted molar refractivity (Wildman–Crippen MR) is 100 cm³/mol. The van der Waals surface area contributed by atoms with Crippen LogP contribution in [0.2, 0.25) is 10.0 Å². The number of benzene rings is 1. The number of anilines is 1. The standard InChI is InChI=1S/C17H17Cl2FN4O/c1-3-10(8-24-22)11-6-14(17(21)23-7-11)25-9(2)15-12(18)4-5-13(20)16(15)19/h3-9H,22H2,1-2H3,(H2,21,23)/b10-3+,24-8-. The smallest absolute Gasteiger partial charge is 0.166 e. The third-order valence-electron chi connectivity index (χ3n) is 3.53. The van der Waals surface area contributed by atoms with Gasteiger partial charge in [0.2, 0.25) is 0 Å². The van der Waals surface area contributed by atoms with Crippen molar-refractivity contribution in [2.45, 2.75) is 20.0 Å². The second-order valence-electron chi connectivity index (χ2n) is 5.15. The van der Waals surface area contributed by atoms with Gasteiger partial charge in [0.05, 0.1) is 11.2 Å². The number of pyridine rings is 1. The maximum atomic E-state index is 13.7. The fourth-order valence-electron chi connectivity index (χ4n) is 2.27. The van der Waals surface area contributed by atoms with E-state index in [1.54, 1.807) is 19.2 Å². The third-order valence-corrected chi connectivity index (χ3v) is 4.24. The molecule has 1 aromatic carbocycles. The molecule has 2 rings (SSSR count). The molecule has 0 amide bonds. The molecule has 25 heavy (non-hydrogen) atoms. The first-order valence-electron chi connectivity index (χ1n) is 7.34. The predicted octanol–water partition coefficient (Wildman–Crippen LogP) is 4.60. The molecular formula is C17H17Cl2FN4O. The Morgan fingerprint density at radius 1 is 1.40 bits per heavy atom. The van der Waals surface area contributed by atoms with Gasteiger partial charge in [-0.15, -0.1) is 0 Å². The number of aromatic nitrogens is 1. The van der Waals surface area contributed by atoms with Crippen molar-refractivity contribution in [2.75, 3.05) is 5.73 Å². The van der Waals surface area contributed by atoms with E-state index in [2.05, 4.69) is 10.1 Å². The summed E-state index contributed by atoms with van der Waals surface area (Å²) in [6.07, 6.45) is 4.23. The van der Waals surface area contributed by atoms with Gasteiger partial charge in [-0.25, -0.2) is 9.37 Å². The minimum atomic E-state index is -0.646. The van der Waals surface area contributed by atoms with Gasteiger partial charge < -0.3 is 16.3 Å². The van der Waals surface area contributed by atoms with Crippen LogP contribution in [-0.4, -0.2) is 11.2 Å². The van der Waals surface area contributed by atoms with Gasteiger partial charge in [0.25, 0.3) is 0 Å². The van der Waals surface area contributed by atoms with Crippen LogP contribution in [0.15, 0.2) is 35.6 Å². The molecule has 5 nitrogen and oxygen atoms in total. The van der Waals surface area contributed by atoms with Gasteiger partial charge in [-0.1, -0.05) is 29.3 Å². The van der Waals surface area contributed by atoms with Crippen LogP contribution < -0.4 is 16.3 Å². The van der Waals surface area contributed by atoms with E-state index in [4.69, 9.17) is 39.5 Å². The van der Waals surface area contributed by atoms with Crippen LogP contribution in [0.25, 0.3) is 5.57 Å². The highest BCUT2D eigenvalue weighted by Gasteiger charge is 2.20. The quantitative estimate of drug-likeness (QED) is 0.342. The number of hydrogen-bond donors (Lipinski definition) is 2. The summed E-state index contributed by atoms with van der Waals surface area (Å²) in [5, 5.41) is 3.71. The van der Waals surface area contributed by atoms with E-state index in [0.29, 0.717) is 21.9 Å². The zero-order valence-corrected chi connectivity index (χ0v) is 15.1. The average molecular weight is 383 g/mol. The van der Waals surface area contributed by atoms with E-state index in [-0.39, 0.29) is 10.8 Å². The van der Waals surface area contributed by atoms with Crippen LogP contribution in [0.4, 0.5) is 10.2 Å². The first-order chi connectivity index (χ1) is 11.9. The number of ether oxygens (including phenoxy) is 1. The molecule has 4 N–H and O–H groups in total. The van der Waals surface area contributed by atoms with E-state index in [1.165, 1.54) is 18.3 Å². The van der Waals surface area contributed by atoms with Gasteiger partial charge in [0.15, 0.2) is 11.6 Å². The van der Waals surface area contributed by atoms with Crippen molar-refractivity contribution in [1.29, 1.82) is 0 Å². The first kappa shape index (κ1) is 19.0. The van der Waals surface area contributed by atoms with Crippen molar-refractivity contribution >= 4 is 40.8 Å². The Morgan fingerprint density at radius 3 is 2.76 bits per heavy atom. The lowest BCUT2D eigenvalue weighted by molar-refractivity contribution is 0.227. The molecule has 0 aliphatic heterocycles. The summed E-state index contributed by atoms with van der Waals surface area (Å²) in [5.41, 5.74) is 7.68.